The van der Waals surface area contributed by atoms with Crippen LogP contribution in [-0.2, 0) is 0 Å². The molecule has 0 saturated heterocycles. The molecule has 0 bridgehead atoms. The first-order chi connectivity index (χ1) is 8.59. The van der Waals surface area contributed by atoms with E-state index in [1.807, 2.05) is 55.5 Å². The second-order valence-electron chi connectivity index (χ2n) is 4.18. The zero-order chi connectivity index (χ0) is 13.1. The average molecular weight is 304 g/mol. The number of aryl methyl sites for hydroxylation is 1. The number of carbonyl (C=O) groups is 1. The monoisotopic (exact) mass is 303 g/mol. The zero-order valence-corrected chi connectivity index (χ0v) is 11.9. The van der Waals surface area contributed by atoms with Gasteiger partial charge in [-0.2, -0.15) is 0 Å². The molecule has 92 valence electrons. The van der Waals surface area contributed by atoms with Gasteiger partial charge in [0.15, 0.2) is 0 Å². The van der Waals surface area contributed by atoms with Gasteiger partial charge in [-0.1, -0.05) is 24.3 Å². The fourth-order valence-corrected chi connectivity index (χ4v) is 2.41. The Bertz CT molecular complexity index is 566. The fraction of sp³-hybridized carbons (Fsp3) is 0.133. The minimum atomic E-state index is -0.0203. The highest BCUT2D eigenvalue weighted by Crippen LogP contribution is 2.22. The Morgan fingerprint density at radius 3 is 2.39 bits per heavy atom. The van der Waals surface area contributed by atoms with Crippen LogP contribution in [0.5, 0.6) is 0 Å². The molecule has 2 rings (SSSR count). The quantitative estimate of drug-likeness (QED) is 0.820. The Morgan fingerprint density at radius 1 is 1.11 bits per heavy atom. The Morgan fingerprint density at radius 2 is 1.78 bits per heavy atom. The SMILES string of the molecule is Cc1ccc(C(=O)N(C)c2ccccc2)c(Br)c1. The second kappa shape index (κ2) is 5.36. The van der Waals surface area contributed by atoms with E-state index in [-0.39, 0.29) is 5.91 Å². The van der Waals surface area contributed by atoms with E-state index in [0.29, 0.717) is 5.56 Å². The molecular formula is C15H14BrNO. The van der Waals surface area contributed by atoms with Gasteiger partial charge in [0.05, 0.1) is 5.56 Å². The van der Waals surface area contributed by atoms with Gasteiger partial charge in [-0.05, 0) is 52.7 Å². The van der Waals surface area contributed by atoms with Crippen molar-refractivity contribution in [2.45, 2.75) is 6.92 Å². The summed E-state index contributed by atoms with van der Waals surface area (Å²) in [6.45, 7) is 2.00. The van der Waals surface area contributed by atoms with Gasteiger partial charge in [-0.15, -0.1) is 0 Å². The summed E-state index contributed by atoms with van der Waals surface area (Å²) < 4.78 is 0.829. The van der Waals surface area contributed by atoms with E-state index >= 15 is 0 Å². The van der Waals surface area contributed by atoms with E-state index in [2.05, 4.69) is 15.9 Å². The van der Waals surface area contributed by atoms with Gasteiger partial charge < -0.3 is 4.90 Å². The van der Waals surface area contributed by atoms with Gasteiger partial charge >= 0.3 is 0 Å². The first-order valence-electron chi connectivity index (χ1n) is 5.69. The molecule has 0 spiro atoms. The van der Waals surface area contributed by atoms with Crippen molar-refractivity contribution < 1.29 is 4.79 Å². The summed E-state index contributed by atoms with van der Waals surface area (Å²) in [6.07, 6.45) is 0. The third kappa shape index (κ3) is 2.62. The van der Waals surface area contributed by atoms with E-state index in [1.165, 1.54) is 0 Å². The van der Waals surface area contributed by atoms with Crippen molar-refractivity contribution >= 4 is 27.5 Å². The summed E-state index contributed by atoms with van der Waals surface area (Å²) in [6, 6.07) is 15.3. The summed E-state index contributed by atoms with van der Waals surface area (Å²) >= 11 is 3.44. The molecule has 0 radical (unpaired) electrons. The van der Waals surface area contributed by atoms with Gasteiger partial charge in [0.1, 0.15) is 0 Å². The molecule has 0 aromatic heterocycles. The van der Waals surface area contributed by atoms with Crippen LogP contribution < -0.4 is 4.90 Å². The second-order valence-corrected chi connectivity index (χ2v) is 5.04. The highest BCUT2D eigenvalue weighted by atomic mass is 79.9. The molecule has 3 heteroatoms. The maximum Gasteiger partial charge on any atom is 0.259 e. The molecule has 0 aliphatic carbocycles. The number of para-hydroxylation sites is 1. The predicted octanol–water partition coefficient (Wildman–Crippen LogP) is 4.03. The highest BCUT2D eigenvalue weighted by Gasteiger charge is 2.15. The third-order valence-electron chi connectivity index (χ3n) is 2.80. The maximum absolute atomic E-state index is 12.4. The lowest BCUT2D eigenvalue weighted by atomic mass is 10.1. The van der Waals surface area contributed by atoms with Crippen molar-refractivity contribution in [3.63, 3.8) is 0 Å². The van der Waals surface area contributed by atoms with Gasteiger partial charge in [0.25, 0.3) is 5.91 Å². The Hall–Kier alpha value is -1.61. The standard InChI is InChI=1S/C15H14BrNO/c1-11-8-9-13(14(16)10-11)15(18)17(2)12-6-4-3-5-7-12/h3-10H,1-2H3. The molecule has 0 heterocycles. The minimum Gasteiger partial charge on any atom is -0.311 e. The fourth-order valence-electron chi connectivity index (χ4n) is 1.74. The number of carbonyl (C=O) groups excluding carboxylic acids is 1. The Balaban J connectivity index is 2.32. The summed E-state index contributed by atoms with van der Waals surface area (Å²) in [5.74, 6) is -0.0203. The Kier molecular flexibility index (Phi) is 3.82. The molecule has 0 fully saturated rings. The van der Waals surface area contributed by atoms with Crippen LogP contribution in [0, 0.1) is 6.92 Å². The number of nitrogens with zero attached hydrogens (tertiary/aromatic N) is 1. The summed E-state index contributed by atoms with van der Waals surface area (Å²) in [7, 11) is 1.78. The van der Waals surface area contributed by atoms with E-state index in [9.17, 15) is 4.79 Å². The summed E-state index contributed by atoms with van der Waals surface area (Å²) in [5.41, 5.74) is 2.68. The number of anilines is 1. The molecule has 0 atom stereocenters. The van der Waals surface area contributed by atoms with Crippen molar-refractivity contribution in [3.05, 3.63) is 64.1 Å². The van der Waals surface area contributed by atoms with E-state index in [0.717, 1.165) is 15.7 Å². The predicted molar refractivity (Wildman–Crippen MR) is 78.1 cm³/mol. The average Bonchev–Trinajstić information content (AvgIpc) is 2.38. The highest BCUT2D eigenvalue weighted by molar-refractivity contribution is 9.10. The molecule has 1 amide bonds. The van der Waals surface area contributed by atoms with Crippen LogP contribution in [0.1, 0.15) is 15.9 Å². The zero-order valence-electron chi connectivity index (χ0n) is 10.4. The first kappa shape index (κ1) is 12.8. The molecule has 0 unspecified atom stereocenters. The van der Waals surface area contributed by atoms with E-state index in [4.69, 9.17) is 0 Å². The molecule has 2 aromatic rings. The number of amides is 1. The molecule has 0 N–H and O–H groups in total. The molecule has 0 saturated carbocycles. The van der Waals surface area contributed by atoms with Crippen molar-refractivity contribution in [2.24, 2.45) is 0 Å². The molecular weight excluding hydrogens is 290 g/mol. The largest absolute Gasteiger partial charge is 0.311 e. The van der Waals surface area contributed by atoms with Crippen LogP contribution >= 0.6 is 15.9 Å². The molecule has 2 aromatic carbocycles. The van der Waals surface area contributed by atoms with Gasteiger partial charge in [0.2, 0.25) is 0 Å². The van der Waals surface area contributed by atoms with E-state index < -0.39 is 0 Å². The van der Waals surface area contributed by atoms with Crippen LogP contribution in [0.2, 0.25) is 0 Å². The number of halogens is 1. The maximum atomic E-state index is 12.4. The third-order valence-corrected chi connectivity index (χ3v) is 3.46. The van der Waals surface area contributed by atoms with Gasteiger partial charge in [0, 0.05) is 17.2 Å². The van der Waals surface area contributed by atoms with Gasteiger partial charge in [-0.25, -0.2) is 0 Å². The number of rotatable bonds is 2. The van der Waals surface area contributed by atoms with Crippen molar-refractivity contribution in [1.82, 2.24) is 0 Å². The molecule has 2 nitrogen and oxygen atoms in total. The number of hydrogen-bond donors (Lipinski definition) is 0. The van der Waals surface area contributed by atoms with Gasteiger partial charge in [-0.3, -0.25) is 4.79 Å². The number of benzene rings is 2. The Labute approximate surface area is 115 Å². The topological polar surface area (TPSA) is 20.3 Å². The lowest BCUT2D eigenvalue weighted by molar-refractivity contribution is 0.0992. The van der Waals surface area contributed by atoms with Crippen LogP contribution in [0.15, 0.2) is 53.0 Å². The number of hydrogen-bond acceptors (Lipinski definition) is 1. The molecule has 0 aliphatic heterocycles. The smallest absolute Gasteiger partial charge is 0.259 e. The van der Waals surface area contributed by atoms with Crippen LogP contribution in [-0.4, -0.2) is 13.0 Å². The lowest BCUT2D eigenvalue weighted by Crippen LogP contribution is -2.26. The van der Waals surface area contributed by atoms with Crippen LogP contribution in [0.3, 0.4) is 0 Å². The van der Waals surface area contributed by atoms with Crippen LogP contribution in [0.25, 0.3) is 0 Å². The van der Waals surface area contributed by atoms with Crippen molar-refractivity contribution in [3.8, 4) is 0 Å². The lowest BCUT2D eigenvalue weighted by Gasteiger charge is -2.18. The summed E-state index contributed by atoms with van der Waals surface area (Å²) in [4.78, 5) is 14.0. The first-order valence-corrected chi connectivity index (χ1v) is 6.48. The van der Waals surface area contributed by atoms with Crippen LogP contribution in [0.4, 0.5) is 5.69 Å². The minimum absolute atomic E-state index is 0.0203. The normalized spacial score (nSPS) is 10.2. The summed E-state index contributed by atoms with van der Waals surface area (Å²) in [5, 5.41) is 0. The van der Waals surface area contributed by atoms with Crippen molar-refractivity contribution in [2.75, 3.05) is 11.9 Å². The van der Waals surface area contributed by atoms with E-state index in [1.54, 1.807) is 11.9 Å². The molecule has 0 aliphatic rings. The van der Waals surface area contributed by atoms with Crippen molar-refractivity contribution in [1.29, 1.82) is 0 Å². The molecule has 18 heavy (non-hydrogen) atoms.